The van der Waals surface area contributed by atoms with E-state index in [1.165, 1.54) is 0 Å². The summed E-state index contributed by atoms with van der Waals surface area (Å²) in [7, 11) is -3.47. The van der Waals surface area contributed by atoms with Gasteiger partial charge in [0.15, 0.2) is 0 Å². The van der Waals surface area contributed by atoms with Crippen molar-refractivity contribution in [1.82, 2.24) is 14.5 Å². The van der Waals surface area contributed by atoms with Crippen LogP contribution in [0.3, 0.4) is 0 Å². The first kappa shape index (κ1) is 16.4. The van der Waals surface area contributed by atoms with E-state index in [4.69, 9.17) is 0 Å². The van der Waals surface area contributed by atoms with E-state index >= 15 is 0 Å². The molecule has 0 spiro atoms. The molecule has 124 valence electrons. The van der Waals surface area contributed by atoms with Crippen molar-refractivity contribution in [2.75, 3.05) is 6.54 Å². The molecule has 0 aliphatic carbocycles. The molecule has 0 atom stereocenters. The van der Waals surface area contributed by atoms with Crippen molar-refractivity contribution in [2.45, 2.75) is 18.2 Å². The van der Waals surface area contributed by atoms with Gasteiger partial charge in [0, 0.05) is 12.7 Å². The van der Waals surface area contributed by atoms with Crippen LogP contribution in [0.15, 0.2) is 71.9 Å². The molecule has 0 aliphatic rings. The lowest BCUT2D eigenvalue weighted by atomic mass is 10.2. The van der Waals surface area contributed by atoms with Crippen LogP contribution >= 0.6 is 0 Å². The molecular formula is C18H19N3O2S. The molecule has 3 aromatic rings. The number of benzene rings is 2. The zero-order chi connectivity index (χ0) is 17.0. The number of aryl methyl sites for hydroxylation is 1. The Hall–Kier alpha value is -2.44. The van der Waals surface area contributed by atoms with Gasteiger partial charge in [0.2, 0.25) is 10.0 Å². The fourth-order valence-corrected chi connectivity index (χ4v) is 3.37. The van der Waals surface area contributed by atoms with E-state index in [0.717, 1.165) is 16.8 Å². The third-order valence-electron chi connectivity index (χ3n) is 3.69. The Balaban J connectivity index is 1.60. The normalized spacial score (nSPS) is 11.5. The summed E-state index contributed by atoms with van der Waals surface area (Å²) < 4.78 is 28.9. The van der Waals surface area contributed by atoms with Crippen molar-refractivity contribution in [1.29, 1.82) is 0 Å². The van der Waals surface area contributed by atoms with Gasteiger partial charge in [0.1, 0.15) is 0 Å². The molecule has 0 saturated carbocycles. The molecule has 1 heterocycles. The van der Waals surface area contributed by atoms with Crippen LogP contribution in [-0.2, 0) is 16.4 Å². The molecule has 1 aromatic heterocycles. The predicted octanol–water partition coefficient (Wildman–Crippen LogP) is 2.70. The summed E-state index contributed by atoms with van der Waals surface area (Å²) in [6.45, 7) is 2.25. The number of nitrogens with zero attached hydrogens (tertiary/aromatic N) is 2. The van der Waals surface area contributed by atoms with E-state index in [1.807, 2.05) is 43.5 Å². The van der Waals surface area contributed by atoms with E-state index in [9.17, 15) is 8.42 Å². The molecule has 24 heavy (non-hydrogen) atoms. The maximum absolute atomic E-state index is 12.2. The van der Waals surface area contributed by atoms with Crippen molar-refractivity contribution < 1.29 is 8.42 Å². The van der Waals surface area contributed by atoms with Gasteiger partial charge in [-0.05, 0) is 43.2 Å². The highest BCUT2D eigenvalue weighted by Gasteiger charge is 2.13. The molecule has 0 amide bonds. The second-order valence-corrected chi connectivity index (χ2v) is 7.36. The number of rotatable bonds is 6. The molecule has 0 fully saturated rings. The lowest BCUT2D eigenvalue weighted by Crippen LogP contribution is -2.25. The molecule has 3 rings (SSSR count). The highest BCUT2D eigenvalue weighted by molar-refractivity contribution is 7.89. The maximum atomic E-state index is 12.2. The highest BCUT2D eigenvalue weighted by atomic mass is 32.2. The first-order valence-electron chi connectivity index (χ1n) is 7.70. The highest BCUT2D eigenvalue weighted by Crippen LogP contribution is 2.11. The maximum Gasteiger partial charge on any atom is 0.240 e. The molecule has 0 aliphatic heterocycles. The Morgan fingerprint density at radius 2 is 1.75 bits per heavy atom. The van der Waals surface area contributed by atoms with Crippen molar-refractivity contribution in [2.24, 2.45) is 0 Å². The van der Waals surface area contributed by atoms with Crippen molar-refractivity contribution in [3.05, 3.63) is 78.1 Å². The molecule has 2 aromatic carbocycles. The number of hydrogen-bond donors (Lipinski definition) is 1. The van der Waals surface area contributed by atoms with Crippen molar-refractivity contribution in [3.8, 4) is 5.69 Å². The van der Waals surface area contributed by atoms with E-state index < -0.39 is 10.0 Å². The van der Waals surface area contributed by atoms with E-state index in [2.05, 4.69) is 9.82 Å². The monoisotopic (exact) mass is 341 g/mol. The summed E-state index contributed by atoms with van der Waals surface area (Å²) in [5.41, 5.74) is 2.98. The first-order valence-corrected chi connectivity index (χ1v) is 9.18. The SMILES string of the molecule is Cc1ccc(S(=O)(=O)NCCc2cnn(-c3ccccc3)c2)cc1. The second-order valence-electron chi connectivity index (χ2n) is 5.59. The lowest BCUT2D eigenvalue weighted by molar-refractivity contribution is 0.581. The molecule has 5 nitrogen and oxygen atoms in total. The van der Waals surface area contributed by atoms with Gasteiger partial charge < -0.3 is 0 Å². The Labute approximate surface area is 142 Å². The van der Waals surface area contributed by atoms with Crippen LogP contribution < -0.4 is 4.72 Å². The number of aromatic nitrogens is 2. The van der Waals surface area contributed by atoms with Gasteiger partial charge in [-0.3, -0.25) is 0 Å². The standard InChI is InChI=1S/C18H19N3O2S/c1-15-7-9-18(10-8-15)24(22,23)20-12-11-16-13-19-21(14-16)17-5-3-2-4-6-17/h2-10,13-14,20H,11-12H2,1H3. The fourth-order valence-electron chi connectivity index (χ4n) is 2.34. The molecule has 1 N–H and O–H groups in total. The molecule has 0 bridgehead atoms. The van der Waals surface area contributed by atoms with Gasteiger partial charge in [0.25, 0.3) is 0 Å². The molecule has 6 heteroatoms. The summed E-state index contributed by atoms with van der Waals surface area (Å²) in [4.78, 5) is 0.285. The molecule has 0 radical (unpaired) electrons. The van der Waals surface area contributed by atoms with Gasteiger partial charge >= 0.3 is 0 Å². The topological polar surface area (TPSA) is 64.0 Å². The Morgan fingerprint density at radius 1 is 1.04 bits per heavy atom. The van der Waals surface area contributed by atoms with E-state index in [-0.39, 0.29) is 4.90 Å². The number of nitrogens with one attached hydrogen (secondary N) is 1. The molecular weight excluding hydrogens is 322 g/mol. The van der Waals surface area contributed by atoms with E-state index in [0.29, 0.717) is 13.0 Å². The zero-order valence-electron chi connectivity index (χ0n) is 13.4. The summed E-state index contributed by atoms with van der Waals surface area (Å²) in [6, 6.07) is 16.6. The van der Waals surface area contributed by atoms with E-state index in [1.54, 1.807) is 35.1 Å². The summed E-state index contributed by atoms with van der Waals surface area (Å²) >= 11 is 0. The average molecular weight is 341 g/mol. The largest absolute Gasteiger partial charge is 0.241 e. The van der Waals surface area contributed by atoms with Gasteiger partial charge in [-0.1, -0.05) is 35.9 Å². The van der Waals surface area contributed by atoms with Gasteiger partial charge in [0.05, 0.1) is 16.8 Å². The van der Waals surface area contributed by atoms with Crippen LogP contribution in [0.5, 0.6) is 0 Å². The second kappa shape index (κ2) is 6.98. The third kappa shape index (κ3) is 3.90. The number of hydrogen-bond acceptors (Lipinski definition) is 3. The van der Waals surface area contributed by atoms with Crippen molar-refractivity contribution >= 4 is 10.0 Å². The Kier molecular flexibility index (Phi) is 4.78. The predicted molar refractivity (Wildman–Crippen MR) is 93.6 cm³/mol. The molecule has 0 unspecified atom stereocenters. The third-order valence-corrected chi connectivity index (χ3v) is 5.17. The molecule has 0 saturated heterocycles. The van der Waals surface area contributed by atoms with Crippen LogP contribution in [0.2, 0.25) is 0 Å². The smallest absolute Gasteiger partial charge is 0.240 e. The Morgan fingerprint density at radius 3 is 2.46 bits per heavy atom. The minimum absolute atomic E-state index is 0.285. The summed E-state index contributed by atoms with van der Waals surface area (Å²) in [6.07, 6.45) is 4.25. The summed E-state index contributed by atoms with van der Waals surface area (Å²) in [5.74, 6) is 0. The number of para-hydroxylation sites is 1. The fraction of sp³-hybridized carbons (Fsp3) is 0.167. The minimum Gasteiger partial charge on any atom is -0.241 e. The van der Waals surface area contributed by atoms with Crippen LogP contribution in [0.4, 0.5) is 0 Å². The van der Waals surface area contributed by atoms with Crippen LogP contribution in [0.25, 0.3) is 5.69 Å². The van der Waals surface area contributed by atoms with Gasteiger partial charge in [-0.15, -0.1) is 0 Å². The van der Waals surface area contributed by atoms with Crippen LogP contribution in [-0.4, -0.2) is 24.7 Å². The zero-order valence-corrected chi connectivity index (χ0v) is 14.2. The average Bonchev–Trinajstić information content (AvgIpc) is 3.05. The van der Waals surface area contributed by atoms with Crippen LogP contribution in [0.1, 0.15) is 11.1 Å². The quantitative estimate of drug-likeness (QED) is 0.750. The first-order chi connectivity index (χ1) is 11.5. The van der Waals surface area contributed by atoms with Crippen molar-refractivity contribution in [3.63, 3.8) is 0 Å². The summed E-state index contributed by atoms with van der Waals surface area (Å²) in [5, 5.41) is 4.31. The number of sulfonamides is 1. The van der Waals surface area contributed by atoms with Gasteiger partial charge in [-0.25, -0.2) is 17.8 Å². The Bertz CT molecular complexity index is 901. The van der Waals surface area contributed by atoms with Crippen LogP contribution in [0, 0.1) is 6.92 Å². The lowest BCUT2D eigenvalue weighted by Gasteiger charge is -2.06. The van der Waals surface area contributed by atoms with Gasteiger partial charge in [-0.2, -0.15) is 5.10 Å². The minimum atomic E-state index is -3.47.